The van der Waals surface area contributed by atoms with Gasteiger partial charge >= 0.3 is 0 Å². The number of benzene rings is 2. The molecule has 0 fully saturated rings. The minimum atomic E-state index is -0.357. The third-order valence-corrected chi connectivity index (χ3v) is 5.11. The second-order valence-corrected chi connectivity index (χ2v) is 7.17. The van der Waals surface area contributed by atoms with Gasteiger partial charge in [-0.05, 0) is 36.2 Å². The van der Waals surface area contributed by atoms with Crippen molar-refractivity contribution >= 4 is 29.3 Å². The molecule has 0 radical (unpaired) electrons. The fourth-order valence-corrected chi connectivity index (χ4v) is 3.69. The highest BCUT2D eigenvalue weighted by atomic mass is 35.5. The van der Waals surface area contributed by atoms with Crippen molar-refractivity contribution < 1.29 is 23.9 Å². The third-order valence-electron chi connectivity index (χ3n) is 4.83. The number of amides is 3. The van der Waals surface area contributed by atoms with Crippen LogP contribution in [0.15, 0.2) is 36.4 Å². The number of carbonyl (C=O) groups is 3. The zero-order valence-corrected chi connectivity index (χ0v) is 16.3. The number of hydrogen-bond donors (Lipinski definition) is 1. The Kier molecular flexibility index (Phi) is 5.40. The van der Waals surface area contributed by atoms with Crippen LogP contribution in [0.5, 0.6) is 11.5 Å². The van der Waals surface area contributed by atoms with Crippen molar-refractivity contribution in [3.63, 3.8) is 0 Å². The molecule has 2 aromatic rings. The Labute approximate surface area is 172 Å². The topological polar surface area (TPSA) is 84.9 Å². The second kappa shape index (κ2) is 8.13. The van der Waals surface area contributed by atoms with Crippen molar-refractivity contribution in [2.24, 2.45) is 0 Å². The van der Waals surface area contributed by atoms with E-state index in [1.807, 2.05) is 6.07 Å². The molecule has 0 aromatic heterocycles. The average molecular weight is 415 g/mol. The summed E-state index contributed by atoms with van der Waals surface area (Å²) < 4.78 is 11.0. The number of halogens is 1. The molecule has 0 saturated heterocycles. The van der Waals surface area contributed by atoms with Crippen LogP contribution in [0.3, 0.4) is 0 Å². The predicted molar refractivity (Wildman–Crippen MR) is 106 cm³/mol. The highest BCUT2D eigenvalue weighted by Gasteiger charge is 2.34. The molecule has 2 aromatic carbocycles. The molecular formula is C21H19ClN2O5. The van der Waals surface area contributed by atoms with Gasteiger partial charge in [-0.15, -0.1) is 0 Å². The molecule has 29 heavy (non-hydrogen) atoms. The number of nitrogens with zero attached hydrogens (tertiary/aromatic N) is 1. The fraction of sp³-hybridized carbons (Fsp3) is 0.286. The predicted octanol–water partition coefficient (Wildman–Crippen LogP) is 2.46. The van der Waals surface area contributed by atoms with Crippen molar-refractivity contribution in [2.45, 2.75) is 12.8 Å². The highest BCUT2D eigenvalue weighted by Crippen LogP contribution is 2.38. The molecule has 4 rings (SSSR count). The maximum Gasteiger partial charge on any atom is 0.261 e. The van der Waals surface area contributed by atoms with Gasteiger partial charge in [-0.3, -0.25) is 19.3 Å². The Balaban J connectivity index is 1.27. The van der Waals surface area contributed by atoms with Crippen molar-refractivity contribution in [1.82, 2.24) is 10.2 Å². The van der Waals surface area contributed by atoms with Gasteiger partial charge in [0.15, 0.2) is 11.5 Å². The Morgan fingerprint density at radius 3 is 2.48 bits per heavy atom. The number of carbonyl (C=O) groups excluding carboxylic acids is 3. The van der Waals surface area contributed by atoms with Crippen LogP contribution in [0.25, 0.3) is 0 Å². The molecule has 3 amide bonds. The molecule has 2 aliphatic heterocycles. The van der Waals surface area contributed by atoms with Gasteiger partial charge < -0.3 is 14.8 Å². The Morgan fingerprint density at radius 2 is 1.76 bits per heavy atom. The molecule has 8 heteroatoms. The summed E-state index contributed by atoms with van der Waals surface area (Å²) in [5, 5.41) is 3.28. The number of fused-ring (bicyclic) bond motifs is 2. The molecule has 0 spiro atoms. The fourth-order valence-electron chi connectivity index (χ4n) is 3.40. The molecule has 0 aliphatic carbocycles. The molecule has 0 atom stereocenters. The lowest BCUT2D eigenvalue weighted by Gasteiger charge is -2.20. The summed E-state index contributed by atoms with van der Waals surface area (Å²) in [6, 6.07) is 10.3. The molecule has 0 unspecified atom stereocenters. The molecule has 7 nitrogen and oxygen atoms in total. The lowest BCUT2D eigenvalue weighted by Crippen LogP contribution is -2.35. The molecule has 2 heterocycles. The monoisotopic (exact) mass is 414 g/mol. The van der Waals surface area contributed by atoms with Gasteiger partial charge in [0.1, 0.15) is 13.2 Å². The molecule has 0 bridgehead atoms. The van der Waals surface area contributed by atoms with Crippen LogP contribution in [-0.2, 0) is 11.2 Å². The van der Waals surface area contributed by atoms with E-state index < -0.39 is 0 Å². The Morgan fingerprint density at radius 1 is 1.07 bits per heavy atom. The zero-order valence-electron chi connectivity index (χ0n) is 15.6. The van der Waals surface area contributed by atoms with Gasteiger partial charge in [0.25, 0.3) is 11.8 Å². The van der Waals surface area contributed by atoms with Crippen LogP contribution < -0.4 is 14.8 Å². The zero-order chi connectivity index (χ0) is 20.4. The van der Waals surface area contributed by atoms with E-state index in [9.17, 15) is 14.4 Å². The first-order valence-electron chi connectivity index (χ1n) is 9.34. The van der Waals surface area contributed by atoms with Crippen LogP contribution in [0.2, 0.25) is 5.02 Å². The summed E-state index contributed by atoms with van der Waals surface area (Å²) in [6.45, 7) is 1.39. The number of nitrogens with one attached hydrogen (secondary N) is 1. The van der Waals surface area contributed by atoms with Gasteiger partial charge in [-0.2, -0.15) is 0 Å². The SMILES string of the molecule is O=C(CCN1C(=O)c2ccccc2C1=O)NCCc1cc(Cl)c2c(c1)OCCO2. The summed E-state index contributed by atoms with van der Waals surface area (Å²) in [5.41, 5.74) is 1.68. The molecule has 150 valence electrons. The Hall–Kier alpha value is -3.06. The lowest BCUT2D eigenvalue weighted by molar-refractivity contribution is -0.121. The van der Waals surface area contributed by atoms with Crippen LogP contribution in [-0.4, -0.2) is 48.9 Å². The van der Waals surface area contributed by atoms with E-state index in [0.717, 1.165) is 10.5 Å². The minimum absolute atomic E-state index is 0.0490. The first-order chi connectivity index (χ1) is 14.0. The van der Waals surface area contributed by atoms with Crippen molar-refractivity contribution in [3.05, 3.63) is 58.1 Å². The standard InChI is InChI=1S/C21H19ClN2O5/c22-16-11-13(12-17-19(16)29-10-9-28-17)5-7-23-18(25)6-8-24-20(26)14-3-1-2-4-15(14)21(24)27/h1-4,11-12H,5-10H2,(H,23,25). The Bertz CT molecular complexity index is 956. The third kappa shape index (κ3) is 3.91. The van der Waals surface area contributed by atoms with E-state index >= 15 is 0 Å². The maximum atomic E-state index is 12.3. The molecule has 2 aliphatic rings. The lowest BCUT2D eigenvalue weighted by atomic mass is 10.1. The van der Waals surface area contributed by atoms with Crippen LogP contribution in [0.4, 0.5) is 0 Å². The van der Waals surface area contributed by atoms with Gasteiger partial charge in [0.05, 0.1) is 16.1 Å². The van der Waals surface area contributed by atoms with E-state index in [1.54, 1.807) is 30.3 Å². The number of hydrogen-bond acceptors (Lipinski definition) is 5. The summed E-state index contributed by atoms with van der Waals surface area (Å²) in [5.74, 6) is 0.209. The van der Waals surface area contributed by atoms with Crippen molar-refractivity contribution in [1.29, 1.82) is 0 Å². The maximum absolute atomic E-state index is 12.3. The van der Waals surface area contributed by atoms with Crippen molar-refractivity contribution in [2.75, 3.05) is 26.3 Å². The summed E-state index contributed by atoms with van der Waals surface area (Å²) in [4.78, 5) is 37.9. The number of imide groups is 1. The van der Waals surface area contributed by atoms with E-state index in [1.165, 1.54) is 0 Å². The highest BCUT2D eigenvalue weighted by molar-refractivity contribution is 6.32. The largest absolute Gasteiger partial charge is 0.486 e. The van der Waals surface area contributed by atoms with Gasteiger partial charge in [-0.25, -0.2) is 0 Å². The van der Waals surface area contributed by atoms with E-state index in [-0.39, 0.29) is 30.7 Å². The molecular weight excluding hydrogens is 396 g/mol. The van der Waals surface area contributed by atoms with E-state index in [2.05, 4.69) is 5.32 Å². The van der Waals surface area contributed by atoms with Crippen LogP contribution in [0, 0.1) is 0 Å². The summed E-state index contributed by atoms with van der Waals surface area (Å²) >= 11 is 6.22. The number of ether oxygens (including phenoxy) is 2. The average Bonchev–Trinajstić information content (AvgIpc) is 2.97. The van der Waals surface area contributed by atoms with Gasteiger partial charge in [-0.1, -0.05) is 23.7 Å². The minimum Gasteiger partial charge on any atom is -0.486 e. The molecule has 0 saturated carbocycles. The normalized spacial score (nSPS) is 14.7. The quantitative estimate of drug-likeness (QED) is 0.734. The van der Waals surface area contributed by atoms with Crippen molar-refractivity contribution in [3.8, 4) is 11.5 Å². The second-order valence-electron chi connectivity index (χ2n) is 6.76. The van der Waals surface area contributed by atoms with E-state index in [0.29, 0.717) is 53.8 Å². The van der Waals surface area contributed by atoms with Gasteiger partial charge in [0.2, 0.25) is 5.91 Å². The molecule has 1 N–H and O–H groups in total. The van der Waals surface area contributed by atoms with Gasteiger partial charge in [0, 0.05) is 19.5 Å². The number of rotatable bonds is 6. The first-order valence-corrected chi connectivity index (χ1v) is 9.72. The summed E-state index contributed by atoms with van der Waals surface area (Å²) in [7, 11) is 0. The van der Waals surface area contributed by atoms with E-state index in [4.69, 9.17) is 21.1 Å². The van der Waals surface area contributed by atoms with Crippen LogP contribution >= 0.6 is 11.6 Å². The first kappa shape index (κ1) is 19.3. The summed E-state index contributed by atoms with van der Waals surface area (Å²) in [6.07, 6.45) is 0.614. The van der Waals surface area contributed by atoms with Crippen LogP contribution in [0.1, 0.15) is 32.7 Å². The smallest absolute Gasteiger partial charge is 0.261 e.